The van der Waals surface area contributed by atoms with Crippen LogP contribution in [0.4, 0.5) is 5.95 Å². The van der Waals surface area contributed by atoms with Gasteiger partial charge < -0.3 is 15.2 Å². The molecule has 3 fully saturated rings. The molecule has 5 rings (SSSR count). The van der Waals surface area contributed by atoms with Crippen LogP contribution >= 0.6 is 0 Å². The van der Waals surface area contributed by atoms with E-state index in [1.165, 1.54) is 6.92 Å². The molecule has 2 aromatic rings. The summed E-state index contributed by atoms with van der Waals surface area (Å²) < 4.78 is 7.04. The molecule has 8 heteroatoms. The van der Waals surface area contributed by atoms with Crippen LogP contribution in [0, 0.1) is 18.8 Å². The molecule has 3 heterocycles. The molecular weight excluding hydrogens is 372 g/mol. The van der Waals surface area contributed by atoms with Crippen LogP contribution in [0.15, 0.2) is 11.0 Å². The van der Waals surface area contributed by atoms with Crippen LogP contribution in [0.3, 0.4) is 0 Å². The molecule has 0 bridgehead atoms. The minimum atomic E-state index is -0.630. The summed E-state index contributed by atoms with van der Waals surface area (Å²) in [6.45, 7) is 4.08. The van der Waals surface area contributed by atoms with Gasteiger partial charge in [-0.2, -0.15) is 4.98 Å². The molecular formula is C21H26N4O4. The number of aliphatic hydroxyl groups is 1. The van der Waals surface area contributed by atoms with E-state index in [0.717, 1.165) is 24.6 Å². The highest BCUT2D eigenvalue weighted by Crippen LogP contribution is 2.57. The van der Waals surface area contributed by atoms with Gasteiger partial charge in [-0.1, -0.05) is 0 Å². The maximum absolute atomic E-state index is 13.4. The van der Waals surface area contributed by atoms with Crippen LogP contribution in [0.2, 0.25) is 0 Å². The normalized spacial score (nSPS) is 30.9. The second-order valence-corrected chi connectivity index (χ2v) is 8.65. The molecule has 1 saturated heterocycles. The molecule has 0 spiro atoms. The SMILES string of the molecule is CC(=O)c1c(C)c2cnc(N[C@@H]3CCOC[C@H]3O)nc2n([C@H]2CC[C@H]3C[C@H]32)c1=O. The number of fused-ring (bicyclic) bond motifs is 2. The van der Waals surface area contributed by atoms with Crippen LogP contribution < -0.4 is 10.9 Å². The summed E-state index contributed by atoms with van der Waals surface area (Å²) in [5.41, 5.74) is 1.22. The van der Waals surface area contributed by atoms with Crippen LogP contribution in [-0.2, 0) is 4.74 Å². The highest BCUT2D eigenvalue weighted by Gasteiger charge is 2.49. The maximum atomic E-state index is 13.4. The Morgan fingerprint density at radius 1 is 1.34 bits per heavy atom. The molecule has 0 radical (unpaired) electrons. The van der Waals surface area contributed by atoms with Crippen LogP contribution in [-0.4, -0.2) is 50.8 Å². The summed E-state index contributed by atoms with van der Waals surface area (Å²) in [5.74, 6) is 1.36. The predicted molar refractivity (Wildman–Crippen MR) is 107 cm³/mol. The van der Waals surface area contributed by atoms with Crippen molar-refractivity contribution in [2.24, 2.45) is 11.8 Å². The number of ether oxygens (including phenoxy) is 1. The number of aliphatic hydroxyl groups excluding tert-OH is 1. The average Bonchev–Trinajstić information content (AvgIpc) is 3.35. The Kier molecular flexibility index (Phi) is 4.43. The first-order valence-electron chi connectivity index (χ1n) is 10.4. The lowest BCUT2D eigenvalue weighted by Gasteiger charge is -2.28. The molecule has 2 N–H and O–H groups in total. The number of hydrogen-bond acceptors (Lipinski definition) is 7. The smallest absolute Gasteiger partial charge is 0.263 e. The van der Waals surface area contributed by atoms with Gasteiger partial charge in [-0.05, 0) is 56.9 Å². The number of aromatic nitrogens is 3. The zero-order valence-corrected chi connectivity index (χ0v) is 16.7. The Bertz CT molecular complexity index is 1050. The van der Waals surface area contributed by atoms with Crippen molar-refractivity contribution in [3.63, 3.8) is 0 Å². The fourth-order valence-corrected chi connectivity index (χ4v) is 5.18. The number of Topliss-reactive ketones (excluding diaryl/α,β-unsaturated/α-hetero) is 1. The van der Waals surface area contributed by atoms with E-state index < -0.39 is 6.10 Å². The number of ketones is 1. The number of pyridine rings is 1. The Morgan fingerprint density at radius 2 is 2.17 bits per heavy atom. The minimum Gasteiger partial charge on any atom is -0.389 e. The fourth-order valence-electron chi connectivity index (χ4n) is 5.18. The van der Waals surface area contributed by atoms with Crippen LogP contribution in [0.1, 0.15) is 54.6 Å². The first-order valence-corrected chi connectivity index (χ1v) is 10.4. The van der Waals surface area contributed by atoms with Gasteiger partial charge >= 0.3 is 0 Å². The average molecular weight is 398 g/mol. The molecule has 8 nitrogen and oxygen atoms in total. The van der Waals surface area contributed by atoms with Gasteiger partial charge in [0.05, 0.1) is 24.3 Å². The molecule has 2 aromatic heterocycles. The number of nitrogens with one attached hydrogen (secondary N) is 1. The van der Waals surface area contributed by atoms with E-state index in [-0.39, 0.29) is 35.6 Å². The van der Waals surface area contributed by atoms with Crippen molar-refractivity contribution in [1.29, 1.82) is 0 Å². The number of carbonyl (C=O) groups is 1. The van der Waals surface area contributed by atoms with Gasteiger partial charge in [-0.25, -0.2) is 4.98 Å². The first kappa shape index (κ1) is 18.7. The van der Waals surface area contributed by atoms with Gasteiger partial charge in [0.1, 0.15) is 5.65 Å². The van der Waals surface area contributed by atoms with E-state index in [1.807, 2.05) is 0 Å². The second kappa shape index (κ2) is 6.88. The Hall–Kier alpha value is -2.32. The molecule has 2 saturated carbocycles. The van der Waals surface area contributed by atoms with Crippen molar-refractivity contribution in [1.82, 2.24) is 14.5 Å². The van der Waals surface area contributed by atoms with Gasteiger partial charge in [0.25, 0.3) is 5.56 Å². The van der Waals surface area contributed by atoms with E-state index in [1.54, 1.807) is 17.7 Å². The van der Waals surface area contributed by atoms with Gasteiger partial charge in [0.2, 0.25) is 5.95 Å². The third kappa shape index (κ3) is 3.05. The lowest BCUT2D eigenvalue weighted by Crippen LogP contribution is -2.42. The van der Waals surface area contributed by atoms with E-state index in [0.29, 0.717) is 42.0 Å². The molecule has 0 unspecified atom stereocenters. The summed E-state index contributed by atoms with van der Waals surface area (Å²) in [7, 11) is 0. The van der Waals surface area contributed by atoms with Crippen LogP contribution in [0.5, 0.6) is 0 Å². The number of nitrogens with zero attached hydrogens (tertiary/aromatic N) is 3. The molecule has 1 aliphatic heterocycles. The van der Waals surface area contributed by atoms with Gasteiger partial charge in [0.15, 0.2) is 5.78 Å². The summed E-state index contributed by atoms with van der Waals surface area (Å²) in [6, 6.07) is -0.108. The van der Waals surface area contributed by atoms with E-state index in [4.69, 9.17) is 9.72 Å². The number of aryl methyl sites for hydroxylation is 1. The van der Waals surface area contributed by atoms with Crippen molar-refractivity contribution in [3.8, 4) is 0 Å². The third-order valence-electron chi connectivity index (χ3n) is 6.84. The summed E-state index contributed by atoms with van der Waals surface area (Å²) in [6.07, 6.45) is 4.92. The molecule has 154 valence electrons. The summed E-state index contributed by atoms with van der Waals surface area (Å²) in [4.78, 5) is 34.7. The predicted octanol–water partition coefficient (Wildman–Crippen LogP) is 1.84. The Morgan fingerprint density at radius 3 is 2.83 bits per heavy atom. The quantitative estimate of drug-likeness (QED) is 0.757. The van der Waals surface area contributed by atoms with Gasteiger partial charge in [-0.15, -0.1) is 0 Å². The number of carbonyl (C=O) groups excluding carboxylic acids is 1. The van der Waals surface area contributed by atoms with Crippen molar-refractivity contribution in [3.05, 3.63) is 27.7 Å². The number of hydrogen-bond donors (Lipinski definition) is 2. The fraction of sp³-hybridized carbons (Fsp3) is 0.619. The van der Waals surface area contributed by atoms with E-state index in [2.05, 4.69) is 10.3 Å². The van der Waals surface area contributed by atoms with Gasteiger partial charge in [0, 0.05) is 24.2 Å². The van der Waals surface area contributed by atoms with E-state index in [9.17, 15) is 14.7 Å². The molecule has 3 aliphatic rings. The summed E-state index contributed by atoms with van der Waals surface area (Å²) >= 11 is 0. The number of rotatable bonds is 4. The summed E-state index contributed by atoms with van der Waals surface area (Å²) in [5, 5.41) is 14.1. The van der Waals surface area contributed by atoms with E-state index >= 15 is 0 Å². The van der Waals surface area contributed by atoms with Crippen molar-refractivity contribution in [2.75, 3.05) is 18.5 Å². The van der Waals surface area contributed by atoms with Crippen molar-refractivity contribution >= 4 is 22.8 Å². The zero-order chi connectivity index (χ0) is 20.3. The third-order valence-corrected chi connectivity index (χ3v) is 6.84. The van der Waals surface area contributed by atoms with Gasteiger partial charge in [-0.3, -0.25) is 14.2 Å². The standard InChI is InChI=1S/C21H26N4O4/c1-10-14-8-22-21(23-15-5-6-29-9-17(15)27)24-19(14)25(20(28)18(10)11(2)26)16-4-3-12-7-13(12)16/h8,12-13,15-17,27H,3-7,9H2,1-2H3,(H,22,23,24)/t12-,13+,15+,16-,17+/m0/s1. The molecule has 2 aliphatic carbocycles. The molecule has 0 aromatic carbocycles. The monoisotopic (exact) mass is 398 g/mol. The Balaban J connectivity index is 1.64. The van der Waals surface area contributed by atoms with Crippen molar-refractivity contribution < 1.29 is 14.6 Å². The highest BCUT2D eigenvalue weighted by atomic mass is 16.5. The number of anilines is 1. The Labute approximate surface area is 168 Å². The molecule has 29 heavy (non-hydrogen) atoms. The molecule has 0 amide bonds. The van der Waals surface area contributed by atoms with Crippen molar-refractivity contribution in [2.45, 2.75) is 57.7 Å². The lowest BCUT2D eigenvalue weighted by molar-refractivity contribution is -0.0136. The lowest BCUT2D eigenvalue weighted by atomic mass is 10.0. The largest absolute Gasteiger partial charge is 0.389 e. The zero-order valence-electron chi connectivity index (χ0n) is 16.7. The maximum Gasteiger partial charge on any atom is 0.263 e. The first-order chi connectivity index (χ1) is 14.0. The highest BCUT2D eigenvalue weighted by molar-refractivity contribution is 5.99. The molecule has 5 atom stereocenters. The van der Waals surface area contributed by atoms with Crippen LogP contribution in [0.25, 0.3) is 11.0 Å². The second-order valence-electron chi connectivity index (χ2n) is 8.65. The topological polar surface area (TPSA) is 106 Å². The minimum absolute atomic E-state index is 0.0881.